The fourth-order valence-electron chi connectivity index (χ4n) is 3.28. The summed E-state index contributed by atoms with van der Waals surface area (Å²) in [5.41, 5.74) is 0. The van der Waals surface area contributed by atoms with E-state index < -0.39 is 0 Å². The van der Waals surface area contributed by atoms with Gasteiger partial charge in [-0.25, -0.2) is 0 Å². The van der Waals surface area contributed by atoms with Gasteiger partial charge in [0, 0.05) is 12.5 Å². The van der Waals surface area contributed by atoms with Crippen molar-refractivity contribution in [2.45, 2.75) is 116 Å². The normalized spacial score (nSPS) is 15.2. The summed E-state index contributed by atoms with van der Waals surface area (Å²) in [5.74, 6) is 0.402. The number of cyclic esters (lactones) is 1. The molecule has 0 N–H and O–H groups in total. The van der Waals surface area contributed by atoms with Gasteiger partial charge in [-0.2, -0.15) is 0 Å². The first-order valence-electron chi connectivity index (χ1n) is 10.7. The van der Waals surface area contributed by atoms with Gasteiger partial charge in [0.05, 0.1) is 0 Å². The number of hydrogen-bond donors (Lipinski definition) is 0. The lowest BCUT2D eigenvalue weighted by molar-refractivity contribution is -0.148. The number of unbranched alkanes of at least 4 members (excludes halogenated alkanes) is 14. The molecule has 0 aromatic carbocycles. The van der Waals surface area contributed by atoms with Crippen LogP contribution in [-0.4, -0.2) is 11.8 Å². The average Bonchev–Trinajstić information content (AvgIpc) is 2.57. The largest absolute Gasteiger partial charge is 0.430 e. The monoisotopic (exact) mass is 350 g/mol. The molecule has 1 aliphatic heterocycles. The van der Waals surface area contributed by atoms with Crippen molar-refractivity contribution in [2.24, 2.45) is 0 Å². The van der Waals surface area contributed by atoms with Crippen molar-refractivity contribution in [3.05, 3.63) is 11.8 Å². The number of hydrogen-bond acceptors (Lipinski definition) is 3. The predicted octanol–water partition coefficient (Wildman–Crippen LogP) is 6.65. The molecule has 0 bridgehead atoms. The summed E-state index contributed by atoms with van der Waals surface area (Å²) < 4.78 is 4.74. The van der Waals surface area contributed by atoms with Gasteiger partial charge in [0.25, 0.3) is 0 Å². The van der Waals surface area contributed by atoms with Gasteiger partial charge in [-0.15, -0.1) is 0 Å². The Balaban J connectivity index is 1.74. The standard InChI is InChI=1S/C22H38O3/c1-2-3-4-5-6-7-8-9-10-11-12-13-14-15-16-17-20(23)18-21-19-22(24)25-21/h18H,2-17,19H2,1H3. The van der Waals surface area contributed by atoms with Gasteiger partial charge < -0.3 is 4.74 Å². The number of carbonyl (C=O) groups is 2. The first-order chi connectivity index (χ1) is 12.2. The fourth-order valence-corrected chi connectivity index (χ4v) is 3.28. The maximum atomic E-state index is 11.6. The molecular formula is C22H38O3. The molecule has 25 heavy (non-hydrogen) atoms. The minimum absolute atomic E-state index is 0.0946. The third kappa shape index (κ3) is 12.8. The van der Waals surface area contributed by atoms with Crippen molar-refractivity contribution in [1.29, 1.82) is 0 Å². The zero-order valence-corrected chi connectivity index (χ0v) is 16.3. The zero-order valence-electron chi connectivity index (χ0n) is 16.3. The SMILES string of the molecule is CCCCCCCCCCCCCCCCCC(=O)C=C1CC(=O)O1. The molecule has 0 saturated carbocycles. The molecule has 0 aromatic rings. The van der Waals surface area contributed by atoms with E-state index in [2.05, 4.69) is 6.92 Å². The third-order valence-electron chi connectivity index (χ3n) is 4.91. The van der Waals surface area contributed by atoms with E-state index in [1.54, 1.807) is 0 Å². The molecule has 0 aliphatic carbocycles. The van der Waals surface area contributed by atoms with Gasteiger partial charge in [-0.05, 0) is 6.42 Å². The molecule has 0 radical (unpaired) electrons. The molecule has 0 aromatic heterocycles. The highest BCUT2D eigenvalue weighted by Crippen LogP contribution is 2.18. The van der Waals surface area contributed by atoms with Gasteiger partial charge in [0.1, 0.15) is 12.2 Å². The van der Waals surface area contributed by atoms with E-state index in [1.807, 2.05) is 0 Å². The van der Waals surface area contributed by atoms with E-state index in [0.29, 0.717) is 18.6 Å². The Bertz CT molecular complexity index is 388. The molecule has 1 heterocycles. The number of ether oxygens (including phenoxy) is 1. The molecular weight excluding hydrogens is 312 g/mol. The summed E-state index contributed by atoms with van der Waals surface area (Å²) in [6.07, 6.45) is 22.3. The number of ketones is 1. The van der Waals surface area contributed by atoms with Crippen LogP contribution >= 0.6 is 0 Å². The molecule has 3 nitrogen and oxygen atoms in total. The summed E-state index contributed by atoms with van der Waals surface area (Å²) in [6, 6.07) is 0. The molecule has 0 amide bonds. The number of esters is 1. The van der Waals surface area contributed by atoms with Crippen LogP contribution in [0, 0.1) is 0 Å². The fraction of sp³-hybridized carbons (Fsp3) is 0.818. The Morgan fingerprint density at radius 3 is 1.60 bits per heavy atom. The van der Waals surface area contributed by atoms with E-state index in [9.17, 15) is 9.59 Å². The van der Waals surface area contributed by atoms with Crippen LogP contribution < -0.4 is 0 Å². The lowest BCUT2D eigenvalue weighted by Gasteiger charge is -2.15. The number of carbonyl (C=O) groups excluding carboxylic acids is 2. The molecule has 1 saturated heterocycles. The predicted molar refractivity (Wildman–Crippen MR) is 103 cm³/mol. The zero-order chi connectivity index (χ0) is 18.2. The van der Waals surface area contributed by atoms with Crippen molar-refractivity contribution < 1.29 is 14.3 Å². The van der Waals surface area contributed by atoms with E-state index >= 15 is 0 Å². The Morgan fingerprint density at radius 1 is 0.800 bits per heavy atom. The van der Waals surface area contributed by atoms with Crippen LogP contribution in [0.2, 0.25) is 0 Å². The molecule has 3 heteroatoms. The van der Waals surface area contributed by atoms with Crippen molar-refractivity contribution in [3.8, 4) is 0 Å². The summed E-state index contributed by atoms with van der Waals surface area (Å²) in [7, 11) is 0. The minimum Gasteiger partial charge on any atom is -0.430 e. The summed E-state index contributed by atoms with van der Waals surface area (Å²) in [4.78, 5) is 22.2. The Labute approximate surface area is 154 Å². The van der Waals surface area contributed by atoms with Gasteiger partial charge in [0.2, 0.25) is 0 Å². The van der Waals surface area contributed by atoms with Gasteiger partial charge in [0.15, 0.2) is 5.78 Å². The van der Waals surface area contributed by atoms with Crippen LogP contribution in [0.3, 0.4) is 0 Å². The quantitative estimate of drug-likeness (QED) is 0.168. The molecule has 1 rings (SSSR count). The van der Waals surface area contributed by atoms with Gasteiger partial charge in [-0.1, -0.05) is 96.8 Å². The van der Waals surface area contributed by atoms with Crippen molar-refractivity contribution in [3.63, 3.8) is 0 Å². The maximum Gasteiger partial charge on any atom is 0.318 e. The minimum atomic E-state index is -0.231. The van der Waals surface area contributed by atoms with E-state index in [-0.39, 0.29) is 11.8 Å². The second kappa shape index (κ2) is 15.2. The molecule has 1 fully saturated rings. The maximum absolute atomic E-state index is 11.6. The lowest BCUT2D eigenvalue weighted by Crippen LogP contribution is -2.18. The van der Waals surface area contributed by atoms with Crippen molar-refractivity contribution >= 4 is 11.8 Å². The number of allylic oxidation sites excluding steroid dienone is 1. The highest BCUT2D eigenvalue weighted by atomic mass is 16.6. The van der Waals surface area contributed by atoms with Crippen LogP contribution in [0.5, 0.6) is 0 Å². The Kier molecular flexibility index (Phi) is 13.3. The lowest BCUT2D eigenvalue weighted by atomic mass is 10.0. The van der Waals surface area contributed by atoms with Crippen LogP contribution in [0.15, 0.2) is 11.8 Å². The van der Waals surface area contributed by atoms with Crippen molar-refractivity contribution in [2.75, 3.05) is 0 Å². The van der Waals surface area contributed by atoms with Crippen LogP contribution in [0.25, 0.3) is 0 Å². The summed E-state index contributed by atoms with van der Waals surface area (Å²) in [5, 5.41) is 0. The number of rotatable bonds is 17. The smallest absolute Gasteiger partial charge is 0.318 e. The van der Waals surface area contributed by atoms with Gasteiger partial charge >= 0.3 is 5.97 Å². The van der Waals surface area contributed by atoms with Crippen LogP contribution in [-0.2, 0) is 14.3 Å². The van der Waals surface area contributed by atoms with E-state index in [4.69, 9.17) is 4.74 Å². The second-order valence-electron chi connectivity index (χ2n) is 7.43. The van der Waals surface area contributed by atoms with E-state index in [1.165, 1.54) is 89.5 Å². The van der Waals surface area contributed by atoms with Crippen LogP contribution in [0.1, 0.15) is 116 Å². The Morgan fingerprint density at radius 2 is 1.20 bits per heavy atom. The molecule has 0 spiro atoms. The van der Waals surface area contributed by atoms with E-state index in [0.717, 1.165) is 12.8 Å². The Hall–Kier alpha value is -1.12. The molecule has 0 unspecified atom stereocenters. The first-order valence-corrected chi connectivity index (χ1v) is 10.7. The first kappa shape index (κ1) is 21.9. The van der Waals surface area contributed by atoms with Crippen molar-refractivity contribution in [1.82, 2.24) is 0 Å². The highest BCUT2D eigenvalue weighted by molar-refractivity contribution is 5.92. The molecule has 144 valence electrons. The molecule has 0 atom stereocenters. The summed E-state index contributed by atoms with van der Waals surface area (Å²) >= 11 is 0. The average molecular weight is 351 g/mol. The van der Waals surface area contributed by atoms with Crippen LogP contribution in [0.4, 0.5) is 0 Å². The second-order valence-corrected chi connectivity index (χ2v) is 7.43. The molecule has 1 aliphatic rings. The topological polar surface area (TPSA) is 43.4 Å². The third-order valence-corrected chi connectivity index (χ3v) is 4.91. The van der Waals surface area contributed by atoms with Gasteiger partial charge in [-0.3, -0.25) is 9.59 Å². The highest BCUT2D eigenvalue weighted by Gasteiger charge is 2.22. The summed E-state index contributed by atoms with van der Waals surface area (Å²) in [6.45, 7) is 2.27.